The molecule has 0 saturated carbocycles. The van der Waals surface area contributed by atoms with Gasteiger partial charge in [-0.1, -0.05) is 6.92 Å². The van der Waals surface area contributed by atoms with Gasteiger partial charge in [-0.25, -0.2) is 21.6 Å². The van der Waals surface area contributed by atoms with Crippen LogP contribution in [0.4, 0.5) is 24.5 Å². The molecule has 4 rings (SSSR count). The number of nitrogens with one attached hydrogen (secondary N) is 1. The average Bonchev–Trinajstić information content (AvgIpc) is 3.15. The summed E-state index contributed by atoms with van der Waals surface area (Å²) in [4.78, 5) is 28.2. The zero-order chi connectivity index (χ0) is 29.6. The number of ether oxygens (including phenoxy) is 1. The minimum absolute atomic E-state index is 0.0335. The third-order valence-electron chi connectivity index (χ3n) is 7.85. The van der Waals surface area contributed by atoms with E-state index in [0.29, 0.717) is 5.56 Å². The second-order valence-electron chi connectivity index (χ2n) is 11.3. The number of halogens is 3. The molecule has 1 fully saturated rings. The number of fused-ring (bicyclic) bond motifs is 1. The first kappa shape index (κ1) is 29.9. The Hall–Kier alpha value is -3.12. The van der Waals surface area contributed by atoms with Crippen molar-refractivity contribution in [3.63, 3.8) is 0 Å². The number of amides is 2. The first-order chi connectivity index (χ1) is 18.5. The van der Waals surface area contributed by atoms with E-state index < -0.39 is 63.5 Å². The zero-order valence-electron chi connectivity index (χ0n) is 22.7. The largest absolute Gasteiger partial charge is 0.488 e. The standard InChI is InChI=1S/C28H33F3N2O6S/c1-16(27(2,3)36)24-19-13-17(25(34)32-28(4)9-11-40(37,38)12-10-28)5-8-21(19)33(26(24)35)22-14-18(6-7-20(22)29)39-15-23(30)31/h5-8,13-14,16,23-24,36H,9-12,15H2,1-4H3,(H,32,34). The van der Waals surface area contributed by atoms with Gasteiger partial charge in [0.15, 0.2) is 0 Å². The minimum Gasteiger partial charge on any atom is -0.488 e. The molecule has 2 N–H and O–H groups in total. The maximum Gasteiger partial charge on any atom is 0.272 e. The fraction of sp³-hybridized carbons (Fsp3) is 0.500. The molecule has 12 heteroatoms. The van der Waals surface area contributed by atoms with Crippen LogP contribution >= 0.6 is 0 Å². The third kappa shape index (κ3) is 6.12. The van der Waals surface area contributed by atoms with Crippen LogP contribution < -0.4 is 15.0 Å². The van der Waals surface area contributed by atoms with Crippen LogP contribution in [-0.4, -0.2) is 61.0 Å². The summed E-state index contributed by atoms with van der Waals surface area (Å²) in [5.74, 6) is -3.54. The second-order valence-corrected chi connectivity index (χ2v) is 13.7. The Bertz CT molecular complexity index is 1410. The van der Waals surface area contributed by atoms with Crippen molar-refractivity contribution in [3.8, 4) is 5.75 Å². The van der Waals surface area contributed by atoms with Gasteiger partial charge in [-0.15, -0.1) is 0 Å². The molecule has 0 bridgehead atoms. The molecule has 2 unspecified atom stereocenters. The summed E-state index contributed by atoms with van der Waals surface area (Å²) in [6.45, 7) is 5.63. The monoisotopic (exact) mass is 582 g/mol. The Kier molecular flexibility index (Phi) is 7.98. The van der Waals surface area contributed by atoms with Crippen LogP contribution in [0.3, 0.4) is 0 Å². The fourth-order valence-corrected chi connectivity index (χ4v) is 6.78. The van der Waals surface area contributed by atoms with Crippen LogP contribution in [0.25, 0.3) is 0 Å². The van der Waals surface area contributed by atoms with Gasteiger partial charge in [0.2, 0.25) is 5.91 Å². The van der Waals surface area contributed by atoms with Gasteiger partial charge in [0.05, 0.1) is 34.4 Å². The highest BCUT2D eigenvalue weighted by Crippen LogP contribution is 2.48. The van der Waals surface area contributed by atoms with Crippen molar-refractivity contribution in [2.24, 2.45) is 5.92 Å². The molecule has 0 radical (unpaired) electrons. The van der Waals surface area contributed by atoms with E-state index >= 15 is 4.39 Å². The molecule has 2 aromatic carbocycles. The number of hydrogen-bond donors (Lipinski definition) is 2. The predicted octanol–water partition coefficient (Wildman–Crippen LogP) is 4.34. The third-order valence-corrected chi connectivity index (χ3v) is 9.50. The number of alkyl halides is 2. The number of hydrogen-bond acceptors (Lipinski definition) is 6. The number of benzene rings is 2. The van der Waals surface area contributed by atoms with E-state index in [0.717, 1.165) is 17.0 Å². The van der Waals surface area contributed by atoms with Crippen molar-refractivity contribution >= 4 is 33.0 Å². The summed E-state index contributed by atoms with van der Waals surface area (Å²) in [5.41, 5.74) is -1.38. The Labute approximate surface area is 231 Å². The molecule has 2 aromatic rings. The highest BCUT2D eigenvalue weighted by Gasteiger charge is 2.46. The molecular weight excluding hydrogens is 549 g/mol. The molecule has 0 spiro atoms. The molecule has 2 heterocycles. The van der Waals surface area contributed by atoms with Gasteiger partial charge in [0.25, 0.3) is 12.3 Å². The number of aliphatic hydroxyl groups is 1. The zero-order valence-corrected chi connectivity index (χ0v) is 23.5. The van der Waals surface area contributed by atoms with Crippen molar-refractivity contribution in [1.82, 2.24) is 5.32 Å². The maximum absolute atomic E-state index is 15.1. The van der Waals surface area contributed by atoms with E-state index in [1.165, 1.54) is 24.3 Å². The van der Waals surface area contributed by atoms with Gasteiger partial charge in [0.1, 0.15) is 28.0 Å². The summed E-state index contributed by atoms with van der Waals surface area (Å²) < 4.78 is 69.2. The van der Waals surface area contributed by atoms with E-state index in [4.69, 9.17) is 4.74 Å². The van der Waals surface area contributed by atoms with Crippen molar-refractivity contribution in [1.29, 1.82) is 0 Å². The minimum atomic E-state index is -3.14. The Morgan fingerprint density at radius 3 is 2.42 bits per heavy atom. The Morgan fingerprint density at radius 1 is 1.18 bits per heavy atom. The van der Waals surface area contributed by atoms with Gasteiger partial charge in [-0.05, 0) is 69.5 Å². The number of anilines is 2. The topological polar surface area (TPSA) is 113 Å². The lowest BCUT2D eigenvalue weighted by Gasteiger charge is -2.34. The number of sulfone groups is 1. The molecule has 40 heavy (non-hydrogen) atoms. The van der Waals surface area contributed by atoms with Crippen molar-refractivity contribution in [3.05, 3.63) is 53.3 Å². The predicted molar refractivity (Wildman–Crippen MR) is 143 cm³/mol. The molecule has 1 saturated heterocycles. The summed E-state index contributed by atoms with van der Waals surface area (Å²) in [5, 5.41) is 13.7. The fourth-order valence-electron chi connectivity index (χ4n) is 5.05. The normalized spacial score (nSPS) is 20.8. The number of rotatable bonds is 8. The van der Waals surface area contributed by atoms with Gasteiger partial charge in [0, 0.05) is 23.1 Å². The van der Waals surface area contributed by atoms with E-state index in [9.17, 15) is 31.9 Å². The van der Waals surface area contributed by atoms with E-state index in [1.807, 2.05) is 0 Å². The summed E-state index contributed by atoms with van der Waals surface area (Å²) >= 11 is 0. The highest BCUT2D eigenvalue weighted by atomic mass is 32.2. The summed E-state index contributed by atoms with van der Waals surface area (Å²) in [6.07, 6.45) is -2.22. The lowest BCUT2D eigenvalue weighted by molar-refractivity contribution is -0.122. The van der Waals surface area contributed by atoms with Crippen molar-refractivity contribution in [2.45, 2.75) is 64.0 Å². The molecule has 0 aromatic heterocycles. The summed E-state index contributed by atoms with van der Waals surface area (Å²) in [6, 6.07) is 7.86. The van der Waals surface area contributed by atoms with Gasteiger partial charge in [-0.2, -0.15) is 0 Å². The number of nitrogens with zero attached hydrogens (tertiary/aromatic N) is 1. The van der Waals surface area contributed by atoms with Crippen LogP contribution in [0, 0.1) is 11.7 Å². The average molecular weight is 583 g/mol. The number of carbonyl (C=O) groups is 2. The Morgan fingerprint density at radius 2 is 1.82 bits per heavy atom. The first-order valence-electron chi connectivity index (χ1n) is 12.9. The second kappa shape index (κ2) is 10.7. The molecule has 218 valence electrons. The van der Waals surface area contributed by atoms with Gasteiger partial charge < -0.3 is 15.2 Å². The SMILES string of the molecule is CC(C1C(=O)N(c2cc(OCC(F)F)ccc2F)c2ccc(C(=O)NC3(C)CCS(=O)(=O)CC3)cc21)C(C)(C)O. The van der Waals surface area contributed by atoms with E-state index in [2.05, 4.69) is 5.32 Å². The quantitative estimate of drug-likeness (QED) is 0.479. The molecular formula is C28H33F3N2O6S. The summed E-state index contributed by atoms with van der Waals surface area (Å²) in [7, 11) is -3.14. The lowest BCUT2D eigenvalue weighted by Crippen LogP contribution is -2.50. The van der Waals surface area contributed by atoms with Crippen LogP contribution in [0.2, 0.25) is 0 Å². The van der Waals surface area contributed by atoms with Crippen molar-refractivity contribution in [2.75, 3.05) is 23.0 Å². The molecule has 2 aliphatic rings. The molecule has 8 nitrogen and oxygen atoms in total. The van der Waals surface area contributed by atoms with E-state index in [1.54, 1.807) is 27.7 Å². The molecule has 0 aliphatic carbocycles. The smallest absolute Gasteiger partial charge is 0.272 e. The lowest BCUT2D eigenvalue weighted by atomic mass is 9.78. The van der Waals surface area contributed by atoms with Crippen molar-refractivity contribution < 1.29 is 41.0 Å². The van der Waals surface area contributed by atoms with Crippen LogP contribution in [0.5, 0.6) is 5.75 Å². The van der Waals surface area contributed by atoms with Crippen LogP contribution in [0.15, 0.2) is 36.4 Å². The van der Waals surface area contributed by atoms with E-state index in [-0.39, 0.29) is 47.0 Å². The van der Waals surface area contributed by atoms with Gasteiger partial charge in [-0.3, -0.25) is 14.5 Å². The number of carbonyl (C=O) groups excluding carboxylic acids is 2. The highest BCUT2D eigenvalue weighted by molar-refractivity contribution is 7.91. The molecule has 2 aliphatic heterocycles. The molecule has 2 amide bonds. The molecule has 2 atom stereocenters. The Balaban J connectivity index is 1.73. The maximum atomic E-state index is 15.1. The van der Waals surface area contributed by atoms with Crippen LogP contribution in [-0.2, 0) is 14.6 Å². The van der Waals surface area contributed by atoms with Gasteiger partial charge >= 0.3 is 0 Å². The van der Waals surface area contributed by atoms with Crippen LogP contribution in [0.1, 0.15) is 62.4 Å². The first-order valence-corrected chi connectivity index (χ1v) is 14.8.